The van der Waals surface area contributed by atoms with Gasteiger partial charge >= 0.3 is 0 Å². The van der Waals surface area contributed by atoms with Gasteiger partial charge in [0.15, 0.2) is 0 Å². The normalized spacial score (nSPS) is 24.6. The number of hydrogen-bond donors (Lipinski definition) is 2. The first kappa shape index (κ1) is 12.6. The first-order valence-electron chi connectivity index (χ1n) is 5.80. The van der Waals surface area contributed by atoms with E-state index in [4.69, 9.17) is 5.73 Å². The molecule has 96 valence electrons. The average Bonchev–Trinajstić information content (AvgIpc) is 2.58. The minimum atomic E-state index is -3.38. The minimum Gasteiger partial charge on any atom is -0.352 e. The maximum Gasteiger partial charge on any atom is 0.242 e. The van der Waals surface area contributed by atoms with Crippen molar-refractivity contribution in [3.8, 4) is 0 Å². The predicted octanol–water partition coefficient (Wildman–Crippen LogP) is 0.561. The van der Waals surface area contributed by atoms with Crippen LogP contribution in [0.3, 0.4) is 0 Å². The molecule has 0 unspecified atom stereocenters. The first-order valence-corrected chi connectivity index (χ1v) is 7.28. The van der Waals surface area contributed by atoms with Crippen LogP contribution in [0.25, 0.3) is 0 Å². The molecule has 1 aliphatic rings. The first-order chi connectivity index (χ1) is 7.92. The van der Waals surface area contributed by atoms with E-state index in [2.05, 4.69) is 11.6 Å². The molecule has 0 saturated heterocycles. The fourth-order valence-electron chi connectivity index (χ4n) is 2.21. The average molecular weight is 257 g/mol. The van der Waals surface area contributed by atoms with Crippen LogP contribution in [-0.4, -0.2) is 19.0 Å². The molecule has 1 saturated carbocycles. The van der Waals surface area contributed by atoms with Crippen LogP contribution in [-0.2, 0) is 23.6 Å². The Labute approximate surface area is 102 Å². The van der Waals surface area contributed by atoms with E-state index in [1.807, 2.05) is 0 Å². The Morgan fingerprint density at radius 2 is 2.18 bits per heavy atom. The van der Waals surface area contributed by atoms with Crippen LogP contribution in [0, 0.1) is 5.92 Å². The van der Waals surface area contributed by atoms with E-state index >= 15 is 0 Å². The highest BCUT2D eigenvalue weighted by molar-refractivity contribution is 7.89. The Bertz CT molecular complexity index is 501. The summed E-state index contributed by atoms with van der Waals surface area (Å²) in [4.78, 5) is 0.306. The zero-order valence-corrected chi connectivity index (χ0v) is 11.0. The number of aryl methyl sites for hydroxylation is 1. The van der Waals surface area contributed by atoms with Gasteiger partial charge in [0.2, 0.25) is 10.0 Å². The lowest BCUT2D eigenvalue weighted by Gasteiger charge is -2.32. The molecule has 6 heteroatoms. The molecular formula is C11H19N3O2S. The van der Waals surface area contributed by atoms with Gasteiger partial charge in [-0.1, -0.05) is 6.92 Å². The largest absolute Gasteiger partial charge is 0.352 e. The van der Waals surface area contributed by atoms with Crippen molar-refractivity contribution in [3.63, 3.8) is 0 Å². The number of aromatic nitrogens is 1. The third kappa shape index (κ3) is 2.53. The Hall–Kier alpha value is -0.850. The standard InChI is InChI=1S/C11H19N3O2S/c1-8-3-9(4-8)13-17(15,16)11-5-10(6-12)14(2)7-11/h5,7-9,13H,3-4,6,12H2,1-2H3. The third-order valence-electron chi connectivity index (χ3n) is 3.30. The topological polar surface area (TPSA) is 77.1 Å². The van der Waals surface area contributed by atoms with Crippen LogP contribution in [0.5, 0.6) is 0 Å². The Kier molecular flexibility index (Phi) is 3.29. The van der Waals surface area contributed by atoms with Gasteiger partial charge in [-0.2, -0.15) is 0 Å². The van der Waals surface area contributed by atoms with E-state index < -0.39 is 10.0 Å². The molecule has 0 radical (unpaired) electrons. The van der Waals surface area contributed by atoms with E-state index in [0.717, 1.165) is 18.5 Å². The molecule has 0 atom stereocenters. The van der Waals surface area contributed by atoms with Gasteiger partial charge in [-0.05, 0) is 24.8 Å². The molecule has 1 aromatic heterocycles. The quantitative estimate of drug-likeness (QED) is 0.827. The predicted molar refractivity (Wildman–Crippen MR) is 65.8 cm³/mol. The SMILES string of the molecule is CC1CC(NS(=O)(=O)c2cc(CN)n(C)c2)C1. The van der Waals surface area contributed by atoms with E-state index in [-0.39, 0.29) is 6.04 Å². The molecule has 5 nitrogen and oxygen atoms in total. The maximum absolute atomic E-state index is 12.1. The second-order valence-electron chi connectivity index (χ2n) is 4.88. The summed E-state index contributed by atoms with van der Waals surface area (Å²) < 4.78 is 28.6. The summed E-state index contributed by atoms with van der Waals surface area (Å²) in [5.41, 5.74) is 6.34. The van der Waals surface area contributed by atoms with Crippen LogP contribution in [0.2, 0.25) is 0 Å². The summed E-state index contributed by atoms with van der Waals surface area (Å²) in [7, 11) is -1.58. The third-order valence-corrected chi connectivity index (χ3v) is 4.79. The Balaban J connectivity index is 2.14. The number of rotatable bonds is 4. The van der Waals surface area contributed by atoms with Crippen molar-refractivity contribution >= 4 is 10.0 Å². The summed E-state index contributed by atoms with van der Waals surface area (Å²) in [6, 6.07) is 1.72. The molecule has 3 N–H and O–H groups in total. The van der Waals surface area contributed by atoms with Crippen molar-refractivity contribution in [1.29, 1.82) is 0 Å². The van der Waals surface area contributed by atoms with Crippen LogP contribution in [0.15, 0.2) is 17.2 Å². The second-order valence-corrected chi connectivity index (χ2v) is 6.59. The molecule has 0 bridgehead atoms. The van der Waals surface area contributed by atoms with Crippen molar-refractivity contribution in [2.24, 2.45) is 18.7 Å². The highest BCUT2D eigenvalue weighted by atomic mass is 32.2. The molecule has 1 heterocycles. The summed E-state index contributed by atoms with van der Waals surface area (Å²) in [6.45, 7) is 2.46. The van der Waals surface area contributed by atoms with Crippen molar-refractivity contribution in [2.75, 3.05) is 0 Å². The minimum absolute atomic E-state index is 0.0940. The van der Waals surface area contributed by atoms with E-state index in [1.165, 1.54) is 0 Å². The van der Waals surface area contributed by atoms with Crippen molar-refractivity contribution in [1.82, 2.24) is 9.29 Å². The smallest absolute Gasteiger partial charge is 0.242 e. The molecule has 17 heavy (non-hydrogen) atoms. The highest BCUT2D eigenvalue weighted by Crippen LogP contribution is 2.28. The van der Waals surface area contributed by atoms with E-state index in [0.29, 0.717) is 17.4 Å². The molecule has 1 fully saturated rings. The van der Waals surface area contributed by atoms with Crippen molar-refractivity contribution < 1.29 is 8.42 Å². The summed E-state index contributed by atoms with van der Waals surface area (Å²) in [6.07, 6.45) is 3.46. The van der Waals surface area contributed by atoms with Crippen molar-refractivity contribution in [2.45, 2.75) is 37.2 Å². The fourth-order valence-corrected chi connectivity index (χ4v) is 3.57. The van der Waals surface area contributed by atoms with Crippen molar-refractivity contribution in [3.05, 3.63) is 18.0 Å². The molecule has 0 spiro atoms. The molecule has 1 aliphatic carbocycles. The van der Waals surface area contributed by atoms with Crippen LogP contribution in [0.1, 0.15) is 25.5 Å². The molecule has 0 aliphatic heterocycles. The number of nitrogens with zero attached hydrogens (tertiary/aromatic N) is 1. The van der Waals surface area contributed by atoms with E-state index in [1.54, 1.807) is 23.9 Å². The molecule has 0 amide bonds. The van der Waals surface area contributed by atoms with Crippen LogP contribution < -0.4 is 10.5 Å². The monoisotopic (exact) mass is 257 g/mol. The van der Waals surface area contributed by atoms with Gasteiger partial charge in [0.05, 0.1) is 4.90 Å². The molecule has 2 rings (SSSR count). The van der Waals surface area contributed by atoms with Gasteiger partial charge in [0.1, 0.15) is 0 Å². The zero-order valence-electron chi connectivity index (χ0n) is 10.2. The van der Waals surface area contributed by atoms with Crippen LogP contribution >= 0.6 is 0 Å². The molecule has 1 aromatic rings. The highest BCUT2D eigenvalue weighted by Gasteiger charge is 2.30. The summed E-state index contributed by atoms with van der Waals surface area (Å²) in [5, 5.41) is 0. The molecular weight excluding hydrogens is 238 g/mol. The lowest BCUT2D eigenvalue weighted by Crippen LogP contribution is -2.43. The Morgan fingerprint density at radius 3 is 2.65 bits per heavy atom. The van der Waals surface area contributed by atoms with Gasteiger partial charge in [0, 0.05) is 31.5 Å². The van der Waals surface area contributed by atoms with Gasteiger partial charge < -0.3 is 10.3 Å². The van der Waals surface area contributed by atoms with Gasteiger partial charge in [0.25, 0.3) is 0 Å². The number of hydrogen-bond acceptors (Lipinski definition) is 3. The number of nitrogens with two attached hydrogens (primary N) is 1. The van der Waals surface area contributed by atoms with Crippen LogP contribution in [0.4, 0.5) is 0 Å². The lowest BCUT2D eigenvalue weighted by molar-refractivity contribution is 0.270. The summed E-state index contributed by atoms with van der Waals surface area (Å²) >= 11 is 0. The van der Waals surface area contributed by atoms with E-state index in [9.17, 15) is 8.42 Å². The van der Waals surface area contributed by atoms with Gasteiger partial charge in [-0.3, -0.25) is 0 Å². The number of sulfonamides is 1. The summed E-state index contributed by atoms with van der Waals surface area (Å²) in [5.74, 6) is 0.623. The fraction of sp³-hybridized carbons (Fsp3) is 0.636. The maximum atomic E-state index is 12.1. The lowest BCUT2D eigenvalue weighted by atomic mass is 9.83. The van der Waals surface area contributed by atoms with Gasteiger partial charge in [-0.25, -0.2) is 13.1 Å². The Morgan fingerprint density at radius 1 is 1.53 bits per heavy atom. The second kappa shape index (κ2) is 4.44. The number of nitrogens with one attached hydrogen (secondary N) is 1. The van der Waals surface area contributed by atoms with Gasteiger partial charge in [-0.15, -0.1) is 0 Å². The molecule has 0 aromatic carbocycles. The zero-order chi connectivity index (χ0) is 12.6.